The summed E-state index contributed by atoms with van der Waals surface area (Å²) in [6.45, 7) is 5.87. The van der Waals surface area contributed by atoms with E-state index in [2.05, 4.69) is 15.1 Å². The van der Waals surface area contributed by atoms with Crippen LogP contribution < -0.4 is 9.47 Å². The second-order valence-corrected chi connectivity index (χ2v) is 7.23. The SMILES string of the molecule is Cc1cnn2c1OC[C@H](OCc1cnn3c1OC[C@H](N1CC(F)C1)C3)C2. The number of rotatable bonds is 4. The molecule has 0 spiro atoms. The normalized spacial score (nSPS) is 25.8. The fourth-order valence-electron chi connectivity index (χ4n) is 3.72. The molecule has 0 N–H and O–H groups in total. The molecule has 5 heterocycles. The van der Waals surface area contributed by atoms with Gasteiger partial charge in [0, 0.05) is 18.7 Å². The van der Waals surface area contributed by atoms with Gasteiger partial charge in [-0.25, -0.2) is 13.8 Å². The quantitative estimate of drug-likeness (QED) is 0.800. The van der Waals surface area contributed by atoms with Crippen LogP contribution in [0.5, 0.6) is 11.8 Å². The van der Waals surface area contributed by atoms with Gasteiger partial charge in [-0.15, -0.1) is 0 Å². The van der Waals surface area contributed by atoms with E-state index in [1.165, 1.54) is 0 Å². The van der Waals surface area contributed by atoms with Crippen LogP contribution in [-0.4, -0.2) is 69.1 Å². The molecule has 0 aliphatic carbocycles. The van der Waals surface area contributed by atoms with Crippen LogP contribution in [0.25, 0.3) is 0 Å². The molecule has 0 amide bonds. The summed E-state index contributed by atoms with van der Waals surface area (Å²) >= 11 is 0. The van der Waals surface area contributed by atoms with Crippen molar-refractivity contribution in [3.63, 3.8) is 0 Å². The number of nitrogens with zero attached hydrogens (tertiary/aromatic N) is 5. The minimum absolute atomic E-state index is 0.0590. The van der Waals surface area contributed by atoms with Crippen LogP contribution in [-0.2, 0) is 24.4 Å². The standard InChI is InChI=1S/C17H22FN5O3/c1-11-2-19-23-7-15(10-26-16(11)23)24-8-12-3-20-22-6-14(9-25-17(12)22)21-4-13(18)5-21/h2-3,13-15H,4-10H2,1H3/t14-,15-/m1/s1. The van der Waals surface area contributed by atoms with Crippen molar-refractivity contribution in [2.24, 2.45) is 0 Å². The van der Waals surface area contributed by atoms with E-state index in [9.17, 15) is 4.39 Å². The first-order valence-electron chi connectivity index (χ1n) is 9.00. The molecule has 5 rings (SSSR count). The predicted octanol–water partition coefficient (Wildman–Crippen LogP) is 0.781. The fourth-order valence-corrected chi connectivity index (χ4v) is 3.72. The molecule has 2 aromatic rings. The van der Waals surface area contributed by atoms with Gasteiger partial charge in [-0.3, -0.25) is 4.90 Å². The van der Waals surface area contributed by atoms with E-state index in [1.54, 1.807) is 12.4 Å². The number of hydrogen-bond acceptors (Lipinski definition) is 6. The Labute approximate surface area is 150 Å². The number of alkyl halides is 1. The number of aromatic nitrogens is 4. The van der Waals surface area contributed by atoms with E-state index in [-0.39, 0.29) is 12.1 Å². The van der Waals surface area contributed by atoms with Crippen molar-refractivity contribution in [1.29, 1.82) is 0 Å². The summed E-state index contributed by atoms with van der Waals surface area (Å²) < 4.78 is 34.4. The largest absolute Gasteiger partial charge is 0.476 e. The molecule has 0 radical (unpaired) electrons. The Morgan fingerprint density at radius 1 is 1.08 bits per heavy atom. The molecule has 3 aliphatic heterocycles. The van der Waals surface area contributed by atoms with Gasteiger partial charge in [-0.1, -0.05) is 0 Å². The van der Waals surface area contributed by atoms with Gasteiger partial charge >= 0.3 is 0 Å². The molecule has 0 bridgehead atoms. The van der Waals surface area contributed by atoms with Crippen LogP contribution in [0.3, 0.4) is 0 Å². The third-order valence-electron chi connectivity index (χ3n) is 5.26. The highest BCUT2D eigenvalue weighted by atomic mass is 19.1. The minimum atomic E-state index is -0.699. The highest BCUT2D eigenvalue weighted by Crippen LogP contribution is 2.28. The molecule has 0 saturated carbocycles. The zero-order valence-corrected chi connectivity index (χ0v) is 14.7. The van der Waals surface area contributed by atoms with Gasteiger partial charge in [0.25, 0.3) is 0 Å². The summed E-state index contributed by atoms with van der Waals surface area (Å²) in [7, 11) is 0. The maximum absolute atomic E-state index is 13.1. The molecule has 1 saturated heterocycles. The molecule has 9 heteroatoms. The van der Waals surface area contributed by atoms with Gasteiger partial charge < -0.3 is 14.2 Å². The van der Waals surface area contributed by atoms with Crippen molar-refractivity contribution in [2.45, 2.75) is 44.9 Å². The Kier molecular flexibility index (Phi) is 3.86. The number of hydrogen-bond donors (Lipinski definition) is 0. The lowest BCUT2D eigenvalue weighted by Gasteiger charge is -2.42. The van der Waals surface area contributed by atoms with Crippen LogP contribution >= 0.6 is 0 Å². The van der Waals surface area contributed by atoms with E-state index < -0.39 is 6.17 Å². The fraction of sp³-hybridized carbons (Fsp3) is 0.647. The lowest BCUT2D eigenvalue weighted by atomic mass is 10.1. The summed E-state index contributed by atoms with van der Waals surface area (Å²) in [6, 6.07) is 0.191. The van der Waals surface area contributed by atoms with Crippen molar-refractivity contribution in [1.82, 2.24) is 24.5 Å². The minimum Gasteiger partial charge on any atom is -0.476 e. The Bertz CT molecular complexity index is 800. The van der Waals surface area contributed by atoms with E-state index in [1.807, 2.05) is 16.3 Å². The van der Waals surface area contributed by atoms with Gasteiger partial charge in [0.05, 0.1) is 43.7 Å². The van der Waals surface area contributed by atoms with E-state index in [0.717, 1.165) is 29.4 Å². The summed E-state index contributed by atoms with van der Waals surface area (Å²) in [6.07, 6.45) is 2.84. The van der Waals surface area contributed by atoms with Crippen molar-refractivity contribution >= 4 is 0 Å². The number of halogens is 1. The lowest BCUT2D eigenvalue weighted by Crippen LogP contribution is -2.57. The molecule has 1 fully saturated rings. The number of aryl methyl sites for hydroxylation is 1. The number of likely N-dealkylation sites (tertiary alicyclic amines) is 1. The Balaban J connectivity index is 1.19. The lowest BCUT2D eigenvalue weighted by molar-refractivity contribution is -0.0256. The zero-order chi connectivity index (χ0) is 17.7. The molecule has 140 valence electrons. The average Bonchev–Trinajstić information content (AvgIpc) is 3.20. The van der Waals surface area contributed by atoms with Gasteiger partial charge in [0.1, 0.15) is 25.5 Å². The van der Waals surface area contributed by atoms with Crippen LogP contribution in [0.4, 0.5) is 4.39 Å². The zero-order valence-electron chi connectivity index (χ0n) is 14.7. The third-order valence-corrected chi connectivity index (χ3v) is 5.26. The predicted molar refractivity (Wildman–Crippen MR) is 89.0 cm³/mol. The van der Waals surface area contributed by atoms with Crippen LogP contribution in [0.1, 0.15) is 11.1 Å². The Morgan fingerprint density at radius 3 is 2.69 bits per heavy atom. The molecule has 8 nitrogen and oxygen atoms in total. The van der Waals surface area contributed by atoms with Crippen LogP contribution in [0.15, 0.2) is 12.4 Å². The van der Waals surface area contributed by atoms with Crippen LogP contribution in [0, 0.1) is 6.92 Å². The smallest absolute Gasteiger partial charge is 0.217 e. The number of fused-ring (bicyclic) bond motifs is 2. The van der Waals surface area contributed by atoms with Crippen molar-refractivity contribution < 1.29 is 18.6 Å². The van der Waals surface area contributed by atoms with Gasteiger partial charge in [-0.05, 0) is 6.92 Å². The molecule has 26 heavy (non-hydrogen) atoms. The van der Waals surface area contributed by atoms with Crippen molar-refractivity contribution in [3.05, 3.63) is 23.5 Å². The first-order chi connectivity index (χ1) is 12.7. The van der Waals surface area contributed by atoms with E-state index in [4.69, 9.17) is 14.2 Å². The van der Waals surface area contributed by atoms with Crippen molar-refractivity contribution in [2.75, 3.05) is 26.3 Å². The van der Waals surface area contributed by atoms with Gasteiger partial charge in [0.15, 0.2) is 0 Å². The first-order valence-corrected chi connectivity index (χ1v) is 9.00. The molecular formula is C17H22FN5O3. The Morgan fingerprint density at radius 2 is 1.85 bits per heavy atom. The first kappa shape index (κ1) is 16.1. The molecule has 2 aromatic heterocycles. The monoisotopic (exact) mass is 363 g/mol. The van der Waals surface area contributed by atoms with E-state index >= 15 is 0 Å². The third kappa shape index (κ3) is 2.75. The summed E-state index contributed by atoms with van der Waals surface area (Å²) in [5.41, 5.74) is 1.97. The Hall–Kier alpha value is -2.13. The second kappa shape index (κ2) is 6.24. The number of ether oxygens (including phenoxy) is 3. The summed E-state index contributed by atoms with van der Waals surface area (Å²) in [4.78, 5) is 2.11. The molecule has 3 aliphatic rings. The molecular weight excluding hydrogens is 341 g/mol. The highest BCUT2D eigenvalue weighted by Gasteiger charge is 2.36. The van der Waals surface area contributed by atoms with Gasteiger partial charge in [0.2, 0.25) is 11.8 Å². The molecule has 0 unspecified atom stereocenters. The maximum atomic E-state index is 13.1. The maximum Gasteiger partial charge on any atom is 0.217 e. The van der Waals surface area contributed by atoms with Crippen LogP contribution in [0.2, 0.25) is 0 Å². The van der Waals surface area contributed by atoms with E-state index in [0.29, 0.717) is 39.5 Å². The second-order valence-electron chi connectivity index (χ2n) is 7.23. The topological polar surface area (TPSA) is 66.6 Å². The van der Waals surface area contributed by atoms with Gasteiger partial charge in [-0.2, -0.15) is 10.2 Å². The van der Waals surface area contributed by atoms with Crippen molar-refractivity contribution in [3.8, 4) is 11.8 Å². The molecule has 0 aromatic carbocycles. The summed E-state index contributed by atoms with van der Waals surface area (Å²) in [5.74, 6) is 1.58. The molecule has 2 atom stereocenters. The summed E-state index contributed by atoms with van der Waals surface area (Å²) in [5, 5.41) is 8.72. The highest BCUT2D eigenvalue weighted by molar-refractivity contribution is 5.25. The average molecular weight is 363 g/mol.